The third-order valence-electron chi connectivity index (χ3n) is 7.41. The van der Waals surface area contributed by atoms with Crippen molar-refractivity contribution in [3.63, 3.8) is 0 Å². The highest BCUT2D eigenvalue weighted by Gasteiger charge is 2.17. The van der Waals surface area contributed by atoms with Crippen molar-refractivity contribution in [2.24, 2.45) is 0 Å². The molecule has 0 aliphatic heterocycles. The second kappa shape index (κ2) is 10.7. The molecule has 2 aromatic heterocycles. The zero-order chi connectivity index (χ0) is 28.5. The van der Waals surface area contributed by atoms with Gasteiger partial charge in [-0.1, -0.05) is 60.7 Å². The van der Waals surface area contributed by atoms with Crippen molar-refractivity contribution in [2.45, 2.75) is 19.9 Å². The van der Waals surface area contributed by atoms with E-state index in [1.54, 1.807) is 31.2 Å². The highest BCUT2D eigenvalue weighted by Crippen LogP contribution is 2.28. The Labute approximate surface area is 236 Å². The van der Waals surface area contributed by atoms with Gasteiger partial charge in [0.05, 0.1) is 5.56 Å². The van der Waals surface area contributed by atoms with Crippen LogP contribution in [0.5, 0.6) is 0 Å². The smallest absolute Gasteiger partial charge is 0.335 e. The zero-order valence-corrected chi connectivity index (χ0v) is 22.4. The first-order valence-corrected chi connectivity index (χ1v) is 13.3. The fourth-order valence-electron chi connectivity index (χ4n) is 5.21. The number of carbonyl (C=O) groups is 2. The molecule has 202 valence electrons. The van der Waals surface area contributed by atoms with Crippen LogP contribution in [0.2, 0.25) is 0 Å². The van der Waals surface area contributed by atoms with Gasteiger partial charge in [-0.2, -0.15) is 0 Å². The summed E-state index contributed by atoms with van der Waals surface area (Å²) >= 11 is 0. The SMILES string of the molecule is Cc1cc(-c2cc(C(=O)NCc3ccc(C(=O)O)cc3)n3c(Cc4ccc5ccccc5c4)ccc3c2)ccc1F. The molecule has 1 amide bonds. The minimum absolute atomic E-state index is 0.190. The van der Waals surface area contributed by atoms with Gasteiger partial charge in [0.2, 0.25) is 0 Å². The van der Waals surface area contributed by atoms with E-state index in [0.717, 1.165) is 38.9 Å². The molecule has 2 heterocycles. The predicted molar refractivity (Wildman–Crippen MR) is 159 cm³/mol. The van der Waals surface area contributed by atoms with Crippen molar-refractivity contribution >= 4 is 28.2 Å². The fraction of sp³-hybridized carbons (Fsp3) is 0.0857. The molecule has 0 aliphatic carbocycles. The van der Waals surface area contributed by atoms with E-state index in [2.05, 4.69) is 35.6 Å². The number of benzene rings is 4. The Balaban J connectivity index is 1.38. The molecule has 0 radical (unpaired) electrons. The quantitative estimate of drug-likeness (QED) is 0.220. The van der Waals surface area contributed by atoms with Crippen LogP contribution in [0, 0.1) is 12.7 Å². The Hall–Kier alpha value is -5.23. The van der Waals surface area contributed by atoms with Gasteiger partial charge in [0.1, 0.15) is 11.5 Å². The first-order valence-electron chi connectivity index (χ1n) is 13.3. The number of fused-ring (bicyclic) bond motifs is 2. The highest BCUT2D eigenvalue weighted by molar-refractivity contribution is 5.95. The molecular formula is C35H27FN2O3. The number of pyridine rings is 1. The van der Waals surface area contributed by atoms with Crippen LogP contribution >= 0.6 is 0 Å². The molecule has 41 heavy (non-hydrogen) atoms. The Morgan fingerprint density at radius 2 is 1.54 bits per heavy atom. The number of carbonyl (C=O) groups excluding carboxylic acids is 1. The number of halogens is 1. The molecule has 6 aromatic rings. The van der Waals surface area contributed by atoms with Gasteiger partial charge in [-0.3, -0.25) is 4.79 Å². The summed E-state index contributed by atoms with van der Waals surface area (Å²) in [5.74, 6) is -1.54. The molecule has 0 spiro atoms. The standard InChI is InChI=1S/C35H27FN2O3/c1-22-16-28(12-15-32(22)36)29-19-31-14-13-30(18-24-8-9-25-4-2-3-5-27(25)17-24)38(31)33(20-29)34(39)37-21-23-6-10-26(11-7-23)35(40)41/h2-17,19-20H,18,21H2,1H3,(H,37,39)(H,40,41). The molecular weight excluding hydrogens is 515 g/mol. The predicted octanol–water partition coefficient (Wildman–Crippen LogP) is 7.43. The molecule has 4 aromatic carbocycles. The first-order chi connectivity index (χ1) is 19.9. The number of carboxylic acid groups (broad SMARTS) is 1. The maximum absolute atomic E-state index is 14.0. The van der Waals surface area contributed by atoms with Crippen LogP contribution < -0.4 is 5.32 Å². The van der Waals surface area contributed by atoms with Gasteiger partial charge < -0.3 is 14.8 Å². The van der Waals surface area contributed by atoms with Gasteiger partial charge in [-0.25, -0.2) is 9.18 Å². The average molecular weight is 543 g/mol. The van der Waals surface area contributed by atoms with Crippen LogP contribution in [0.1, 0.15) is 43.2 Å². The number of rotatable bonds is 7. The molecule has 0 bridgehead atoms. The molecule has 0 saturated heterocycles. The van der Waals surface area contributed by atoms with Gasteiger partial charge in [-0.05, 0) is 94.0 Å². The van der Waals surface area contributed by atoms with Crippen LogP contribution in [0.25, 0.3) is 27.4 Å². The summed E-state index contributed by atoms with van der Waals surface area (Å²) in [6, 6.07) is 33.9. The Morgan fingerprint density at radius 1 is 0.780 bits per heavy atom. The topological polar surface area (TPSA) is 70.8 Å². The van der Waals surface area contributed by atoms with E-state index >= 15 is 0 Å². The molecule has 0 saturated carbocycles. The van der Waals surface area contributed by atoms with Gasteiger partial charge in [0, 0.05) is 24.2 Å². The molecule has 0 unspecified atom stereocenters. The van der Waals surface area contributed by atoms with E-state index in [0.29, 0.717) is 17.7 Å². The lowest BCUT2D eigenvalue weighted by Gasteiger charge is -2.14. The van der Waals surface area contributed by atoms with E-state index < -0.39 is 5.97 Å². The average Bonchev–Trinajstić information content (AvgIpc) is 3.39. The van der Waals surface area contributed by atoms with Crippen molar-refractivity contribution in [3.8, 4) is 11.1 Å². The van der Waals surface area contributed by atoms with Gasteiger partial charge in [0.25, 0.3) is 5.91 Å². The van der Waals surface area contributed by atoms with Crippen LogP contribution in [-0.4, -0.2) is 21.4 Å². The van der Waals surface area contributed by atoms with E-state index in [1.807, 2.05) is 40.8 Å². The zero-order valence-electron chi connectivity index (χ0n) is 22.4. The molecule has 2 N–H and O–H groups in total. The third kappa shape index (κ3) is 5.32. The summed E-state index contributed by atoms with van der Waals surface area (Å²) in [6.45, 7) is 1.96. The van der Waals surface area contributed by atoms with Crippen LogP contribution in [-0.2, 0) is 13.0 Å². The Kier molecular flexibility index (Phi) is 6.81. The number of nitrogens with one attached hydrogen (secondary N) is 1. The van der Waals surface area contributed by atoms with Crippen molar-refractivity contribution in [1.82, 2.24) is 9.72 Å². The molecule has 6 heteroatoms. The molecule has 5 nitrogen and oxygen atoms in total. The Morgan fingerprint density at radius 3 is 2.29 bits per heavy atom. The number of nitrogens with zero attached hydrogens (tertiary/aromatic N) is 1. The first kappa shape index (κ1) is 26.0. The maximum atomic E-state index is 14.0. The molecule has 0 atom stereocenters. The fourth-order valence-corrected chi connectivity index (χ4v) is 5.21. The number of aromatic nitrogens is 1. The number of hydrogen-bond donors (Lipinski definition) is 2. The lowest BCUT2D eigenvalue weighted by atomic mass is 10.0. The molecule has 0 fully saturated rings. The molecule has 6 rings (SSSR count). The van der Waals surface area contributed by atoms with Crippen LogP contribution in [0.15, 0.2) is 109 Å². The minimum Gasteiger partial charge on any atom is -0.478 e. The Bertz CT molecular complexity index is 1940. The van der Waals surface area contributed by atoms with Gasteiger partial charge >= 0.3 is 5.97 Å². The second-order valence-corrected chi connectivity index (χ2v) is 10.2. The minimum atomic E-state index is -0.998. The van der Waals surface area contributed by atoms with E-state index in [1.165, 1.54) is 23.6 Å². The van der Waals surface area contributed by atoms with Crippen molar-refractivity contribution < 1.29 is 19.1 Å². The monoisotopic (exact) mass is 542 g/mol. The second-order valence-electron chi connectivity index (χ2n) is 10.2. The number of amides is 1. The molecule has 0 aliphatic rings. The number of hydrogen-bond acceptors (Lipinski definition) is 2. The van der Waals surface area contributed by atoms with Crippen LogP contribution in [0.3, 0.4) is 0 Å². The number of carboxylic acids is 1. The summed E-state index contributed by atoms with van der Waals surface area (Å²) in [5, 5.41) is 14.5. The summed E-state index contributed by atoms with van der Waals surface area (Å²) in [4.78, 5) is 24.9. The lowest BCUT2D eigenvalue weighted by molar-refractivity contribution is 0.0696. The number of aryl methyl sites for hydroxylation is 1. The van der Waals surface area contributed by atoms with Crippen LogP contribution in [0.4, 0.5) is 4.39 Å². The van der Waals surface area contributed by atoms with Gasteiger partial charge in [-0.15, -0.1) is 0 Å². The van der Waals surface area contributed by atoms with Gasteiger partial charge in [0.15, 0.2) is 0 Å². The summed E-state index contributed by atoms with van der Waals surface area (Å²) in [5.41, 5.74) is 6.56. The normalized spacial score (nSPS) is 11.2. The van der Waals surface area contributed by atoms with Crippen molar-refractivity contribution in [3.05, 3.63) is 149 Å². The lowest BCUT2D eigenvalue weighted by Crippen LogP contribution is -2.25. The maximum Gasteiger partial charge on any atom is 0.335 e. The van der Waals surface area contributed by atoms with E-state index in [4.69, 9.17) is 5.11 Å². The van der Waals surface area contributed by atoms with Crippen molar-refractivity contribution in [2.75, 3.05) is 0 Å². The summed E-state index contributed by atoms with van der Waals surface area (Å²) < 4.78 is 16.0. The third-order valence-corrected chi connectivity index (χ3v) is 7.41. The highest BCUT2D eigenvalue weighted by atomic mass is 19.1. The van der Waals surface area contributed by atoms with E-state index in [9.17, 15) is 14.0 Å². The summed E-state index contributed by atoms with van der Waals surface area (Å²) in [7, 11) is 0. The largest absolute Gasteiger partial charge is 0.478 e. The van der Waals surface area contributed by atoms with E-state index in [-0.39, 0.29) is 23.8 Å². The van der Waals surface area contributed by atoms with Crippen molar-refractivity contribution in [1.29, 1.82) is 0 Å². The summed E-state index contributed by atoms with van der Waals surface area (Å²) in [6.07, 6.45) is 0.630. The number of aromatic carboxylic acids is 1.